The predicted molar refractivity (Wildman–Crippen MR) is 96.9 cm³/mol. The number of thioether (sulfide) groups is 1. The Morgan fingerprint density at radius 2 is 2.12 bits per heavy atom. The molecule has 0 saturated heterocycles. The van der Waals surface area contributed by atoms with Gasteiger partial charge >= 0.3 is 0 Å². The van der Waals surface area contributed by atoms with Crippen LogP contribution in [0.1, 0.15) is 34.3 Å². The number of thiophene rings is 1. The van der Waals surface area contributed by atoms with Gasteiger partial charge in [-0.1, -0.05) is 23.0 Å². The van der Waals surface area contributed by atoms with E-state index in [2.05, 4.69) is 16.7 Å². The van der Waals surface area contributed by atoms with E-state index in [1.165, 1.54) is 11.8 Å². The maximum absolute atomic E-state index is 12.9. The van der Waals surface area contributed by atoms with E-state index in [0.717, 1.165) is 15.3 Å². The lowest BCUT2D eigenvalue weighted by atomic mass is 10.2. The summed E-state index contributed by atoms with van der Waals surface area (Å²) in [6, 6.07) is 0. The van der Waals surface area contributed by atoms with E-state index in [4.69, 9.17) is 9.51 Å². The van der Waals surface area contributed by atoms with Crippen molar-refractivity contribution in [3.05, 3.63) is 45.2 Å². The van der Waals surface area contributed by atoms with Crippen LogP contribution >= 0.6 is 23.1 Å². The van der Waals surface area contributed by atoms with Crippen molar-refractivity contribution in [1.29, 1.82) is 0 Å². The maximum Gasteiger partial charge on any atom is 0.263 e. The van der Waals surface area contributed by atoms with E-state index in [9.17, 15) is 4.79 Å². The molecule has 24 heavy (non-hydrogen) atoms. The molecule has 0 aliphatic carbocycles. The zero-order valence-corrected chi connectivity index (χ0v) is 15.6. The van der Waals surface area contributed by atoms with Gasteiger partial charge in [0, 0.05) is 11.4 Å². The third-order valence-electron chi connectivity index (χ3n) is 3.74. The first-order chi connectivity index (χ1) is 11.4. The van der Waals surface area contributed by atoms with Crippen LogP contribution in [0.2, 0.25) is 0 Å². The third kappa shape index (κ3) is 2.91. The summed E-state index contributed by atoms with van der Waals surface area (Å²) < 4.78 is 6.88. The minimum absolute atomic E-state index is 0.0295. The summed E-state index contributed by atoms with van der Waals surface area (Å²) in [5.41, 5.74) is 0.973. The molecule has 0 aliphatic heterocycles. The number of rotatable bonds is 5. The Hall–Kier alpha value is -1.93. The van der Waals surface area contributed by atoms with Crippen LogP contribution in [0.4, 0.5) is 0 Å². The van der Waals surface area contributed by atoms with Crippen LogP contribution in [0.5, 0.6) is 0 Å². The summed E-state index contributed by atoms with van der Waals surface area (Å²) in [6.07, 6.45) is 1.70. The molecule has 3 aromatic rings. The first-order valence-corrected chi connectivity index (χ1v) is 9.20. The molecule has 0 spiro atoms. The summed E-state index contributed by atoms with van der Waals surface area (Å²) in [4.78, 5) is 23.8. The van der Waals surface area contributed by atoms with Crippen molar-refractivity contribution in [2.24, 2.45) is 0 Å². The van der Waals surface area contributed by atoms with Gasteiger partial charge in [0.25, 0.3) is 5.56 Å². The summed E-state index contributed by atoms with van der Waals surface area (Å²) in [6.45, 7) is 11.9. The van der Waals surface area contributed by atoms with E-state index in [1.807, 2.05) is 20.8 Å². The predicted octanol–water partition coefficient (Wildman–Crippen LogP) is 3.81. The van der Waals surface area contributed by atoms with Gasteiger partial charge in [0.15, 0.2) is 11.0 Å². The summed E-state index contributed by atoms with van der Waals surface area (Å²) in [5, 5.41) is 5.05. The average molecular weight is 362 g/mol. The fourth-order valence-electron chi connectivity index (χ4n) is 2.38. The molecule has 126 valence electrons. The highest BCUT2D eigenvalue weighted by atomic mass is 32.2. The minimum atomic E-state index is -0.103. The van der Waals surface area contributed by atoms with Crippen molar-refractivity contribution >= 4 is 33.3 Å². The summed E-state index contributed by atoms with van der Waals surface area (Å²) in [5.74, 6) is 1.12. The van der Waals surface area contributed by atoms with Gasteiger partial charge in [0.05, 0.1) is 10.6 Å². The second kappa shape index (κ2) is 6.52. The second-order valence-electron chi connectivity index (χ2n) is 5.50. The summed E-state index contributed by atoms with van der Waals surface area (Å²) >= 11 is 2.98. The topological polar surface area (TPSA) is 73.8 Å². The zero-order valence-electron chi connectivity index (χ0n) is 14.0. The number of hydrogen-bond donors (Lipinski definition) is 0. The SMILES string of the molecule is C=CCn1c(S[C@@H](C)c2nc(C)no2)nc2sc(C)c(C)c2c1=O. The lowest BCUT2D eigenvalue weighted by molar-refractivity contribution is 0.376. The van der Waals surface area contributed by atoms with E-state index in [1.54, 1.807) is 28.9 Å². The molecule has 0 radical (unpaired) electrons. The monoisotopic (exact) mass is 362 g/mol. The third-order valence-corrected chi connectivity index (χ3v) is 5.92. The van der Waals surface area contributed by atoms with Crippen LogP contribution in [-0.4, -0.2) is 19.7 Å². The Kier molecular flexibility index (Phi) is 4.60. The van der Waals surface area contributed by atoms with E-state index in [0.29, 0.717) is 28.8 Å². The summed E-state index contributed by atoms with van der Waals surface area (Å²) in [7, 11) is 0. The average Bonchev–Trinajstić information content (AvgIpc) is 3.08. The Morgan fingerprint density at radius 1 is 1.38 bits per heavy atom. The zero-order chi connectivity index (χ0) is 17.4. The number of nitrogens with zero attached hydrogens (tertiary/aromatic N) is 4. The van der Waals surface area contributed by atoms with Crippen LogP contribution in [-0.2, 0) is 6.54 Å². The molecule has 1 atom stereocenters. The van der Waals surface area contributed by atoms with Gasteiger partial charge in [-0.25, -0.2) is 4.98 Å². The Morgan fingerprint density at radius 3 is 2.75 bits per heavy atom. The molecular weight excluding hydrogens is 344 g/mol. The van der Waals surface area contributed by atoms with E-state index >= 15 is 0 Å². The lowest BCUT2D eigenvalue weighted by Gasteiger charge is -2.12. The highest BCUT2D eigenvalue weighted by Gasteiger charge is 2.21. The van der Waals surface area contributed by atoms with Crippen LogP contribution in [0.15, 0.2) is 27.1 Å². The van der Waals surface area contributed by atoms with Gasteiger partial charge in [-0.2, -0.15) is 4.98 Å². The minimum Gasteiger partial charge on any atom is -0.338 e. The maximum atomic E-state index is 12.9. The highest BCUT2D eigenvalue weighted by molar-refractivity contribution is 7.99. The molecule has 3 rings (SSSR count). The number of fused-ring (bicyclic) bond motifs is 1. The standard InChI is InChI=1S/C16H18N4O2S2/c1-6-7-20-15(21)12-8(2)9(3)23-14(12)18-16(20)24-10(4)13-17-11(5)19-22-13/h6,10H,1,7H2,2-5H3/t10-/m0/s1. The van der Waals surface area contributed by atoms with Crippen LogP contribution in [0, 0.1) is 20.8 Å². The largest absolute Gasteiger partial charge is 0.338 e. The van der Waals surface area contributed by atoms with Crippen molar-refractivity contribution in [3.8, 4) is 0 Å². The Labute approximate surface area is 147 Å². The molecule has 0 fully saturated rings. The van der Waals surface area contributed by atoms with Crippen LogP contribution < -0.4 is 5.56 Å². The fourth-order valence-corrected chi connectivity index (χ4v) is 4.39. The first kappa shape index (κ1) is 16.9. The molecule has 0 amide bonds. The molecule has 0 unspecified atom stereocenters. The van der Waals surface area contributed by atoms with Gasteiger partial charge in [-0.05, 0) is 33.3 Å². The molecule has 3 heterocycles. The Balaban J connectivity index is 2.10. The number of hydrogen-bond acceptors (Lipinski definition) is 7. The molecule has 0 aromatic carbocycles. The molecule has 3 aromatic heterocycles. The smallest absolute Gasteiger partial charge is 0.263 e. The van der Waals surface area contributed by atoms with Gasteiger partial charge in [0.2, 0.25) is 5.89 Å². The van der Waals surface area contributed by atoms with Crippen molar-refractivity contribution in [2.75, 3.05) is 0 Å². The molecule has 0 bridgehead atoms. The fraction of sp³-hybridized carbons (Fsp3) is 0.375. The number of aromatic nitrogens is 4. The normalized spacial score (nSPS) is 12.7. The number of aryl methyl sites for hydroxylation is 3. The molecule has 0 aliphatic rings. The lowest BCUT2D eigenvalue weighted by Crippen LogP contribution is -2.22. The first-order valence-electron chi connectivity index (χ1n) is 7.50. The molecule has 6 nitrogen and oxygen atoms in total. The quantitative estimate of drug-likeness (QED) is 0.390. The van der Waals surface area contributed by atoms with Crippen molar-refractivity contribution in [1.82, 2.24) is 19.7 Å². The molecular formula is C16H18N4O2S2. The van der Waals surface area contributed by atoms with Gasteiger partial charge in [-0.15, -0.1) is 17.9 Å². The van der Waals surface area contributed by atoms with Gasteiger partial charge in [0.1, 0.15) is 4.83 Å². The van der Waals surface area contributed by atoms with Crippen molar-refractivity contribution in [3.63, 3.8) is 0 Å². The van der Waals surface area contributed by atoms with Crippen LogP contribution in [0.3, 0.4) is 0 Å². The highest BCUT2D eigenvalue weighted by Crippen LogP contribution is 2.34. The van der Waals surface area contributed by atoms with Crippen LogP contribution in [0.25, 0.3) is 10.2 Å². The van der Waals surface area contributed by atoms with Crippen molar-refractivity contribution < 1.29 is 4.52 Å². The molecule has 8 heteroatoms. The molecule has 0 N–H and O–H groups in total. The van der Waals surface area contributed by atoms with Crippen molar-refractivity contribution in [2.45, 2.75) is 44.6 Å². The Bertz CT molecular complexity index is 971. The van der Waals surface area contributed by atoms with Gasteiger partial charge < -0.3 is 4.52 Å². The molecule has 0 saturated carbocycles. The second-order valence-corrected chi connectivity index (χ2v) is 8.01. The number of allylic oxidation sites excluding steroid dienone is 1. The van der Waals surface area contributed by atoms with E-state index < -0.39 is 0 Å². The van der Waals surface area contributed by atoms with Gasteiger partial charge in [-0.3, -0.25) is 9.36 Å². The van der Waals surface area contributed by atoms with E-state index in [-0.39, 0.29) is 10.8 Å².